The first-order chi connectivity index (χ1) is 20.8. The van der Waals surface area contributed by atoms with E-state index in [1.807, 2.05) is 48.5 Å². The molecule has 3 aromatic carbocycles. The number of phenols is 1. The van der Waals surface area contributed by atoms with Crippen LogP contribution in [0.2, 0.25) is 0 Å². The number of hydrogen-bond acceptors (Lipinski definition) is 9. The van der Waals surface area contributed by atoms with Gasteiger partial charge in [-0.2, -0.15) is 0 Å². The third-order valence-corrected chi connectivity index (χ3v) is 7.79. The number of hydrogen-bond donors (Lipinski definition) is 2. The van der Waals surface area contributed by atoms with Gasteiger partial charge in [-0.25, -0.2) is 4.79 Å². The van der Waals surface area contributed by atoms with Crippen molar-refractivity contribution in [2.45, 2.75) is 31.6 Å². The first-order valence-electron chi connectivity index (χ1n) is 14.0. The highest BCUT2D eigenvalue weighted by Gasteiger charge is 2.41. The van der Waals surface area contributed by atoms with Crippen molar-refractivity contribution in [3.8, 4) is 28.7 Å². The second-order valence-corrected chi connectivity index (χ2v) is 10.4. The number of Topliss-reactive ketones (excluding diaryl/α,β-unsaturated/α-hetero) is 1. The van der Waals surface area contributed by atoms with Crippen LogP contribution in [0.1, 0.15) is 42.7 Å². The van der Waals surface area contributed by atoms with E-state index in [4.69, 9.17) is 23.7 Å². The molecular formula is C34H35NO8. The molecule has 0 aromatic heterocycles. The van der Waals surface area contributed by atoms with Crippen molar-refractivity contribution in [1.82, 2.24) is 5.32 Å². The van der Waals surface area contributed by atoms with Crippen LogP contribution in [-0.2, 0) is 14.3 Å². The summed E-state index contributed by atoms with van der Waals surface area (Å²) < 4.78 is 27.6. The van der Waals surface area contributed by atoms with Crippen molar-refractivity contribution in [1.29, 1.82) is 0 Å². The summed E-state index contributed by atoms with van der Waals surface area (Å²) in [5.74, 6) is 0.616. The number of phenolic OH excluding ortho intramolecular Hbond substituents is 1. The Morgan fingerprint density at radius 2 is 1.56 bits per heavy atom. The third kappa shape index (κ3) is 6.16. The zero-order valence-corrected chi connectivity index (χ0v) is 24.6. The minimum absolute atomic E-state index is 0.0252. The fourth-order valence-corrected chi connectivity index (χ4v) is 5.75. The van der Waals surface area contributed by atoms with E-state index in [2.05, 4.69) is 5.32 Å². The first-order valence-corrected chi connectivity index (χ1v) is 14.0. The molecule has 5 rings (SSSR count). The lowest BCUT2D eigenvalue weighted by atomic mass is 9.71. The molecule has 3 aromatic rings. The van der Waals surface area contributed by atoms with Gasteiger partial charge in [0.1, 0.15) is 19.0 Å². The maximum atomic E-state index is 14.0. The monoisotopic (exact) mass is 585 g/mol. The molecule has 1 aliphatic carbocycles. The van der Waals surface area contributed by atoms with Crippen LogP contribution in [0.3, 0.4) is 0 Å². The number of rotatable bonds is 10. The van der Waals surface area contributed by atoms with Crippen LogP contribution in [0.5, 0.6) is 28.7 Å². The Labute approximate surface area is 250 Å². The van der Waals surface area contributed by atoms with Gasteiger partial charge in [-0.05, 0) is 66.8 Å². The largest absolute Gasteiger partial charge is 0.504 e. The van der Waals surface area contributed by atoms with E-state index in [0.29, 0.717) is 46.1 Å². The number of carbonyl (C=O) groups is 2. The highest BCUT2D eigenvalue weighted by molar-refractivity contribution is 6.04. The average molecular weight is 586 g/mol. The smallest absolute Gasteiger partial charge is 0.336 e. The van der Waals surface area contributed by atoms with Crippen molar-refractivity contribution < 1.29 is 38.4 Å². The van der Waals surface area contributed by atoms with Gasteiger partial charge in [-0.1, -0.05) is 30.3 Å². The highest BCUT2D eigenvalue weighted by atomic mass is 16.6. The Balaban J connectivity index is 1.46. The number of dihydropyridines is 1. The van der Waals surface area contributed by atoms with Crippen molar-refractivity contribution >= 4 is 11.8 Å². The zero-order valence-electron chi connectivity index (χ0n) is 24.6. The third-order valence-electron chi connectivity index (χ3n) is 7.79. The summed E-state index contributed by atoms with van der Waals surface area (Å²) in [4.78, 5) is 27.6. The van der Waals surface area contributed by atoms with Gasteiger partial charge in [-0.15, -0.1) is 0 Å². The molecule has 1 aliphatic heterocycles. The molecule has 224 valence electrons. The summed E-state index contributed by atoms with van der Waals surface area (Å²) in [6, 6.07) is 19.8. The molecule has 2 N–H and O–H groups in total. The standard InChI is InChI=1S/C34H35NO8/c1-20-31(34(38)43-15-14-42-24-8-6-5-7-9-24)32(22-10-12-26(36)29(19-22)40-3)33-25(35-20)16-23(17-27(33)37)21-11-13-28(39-2)30(18-21)41-4/h5-13,18-19,23,32,35-36H,14-17H2,1-4H3/t23-,32-/m1/s1. The van der Waals surface area contributed by atoms with Crippen LogP contribution in [0.4, 0.5) is 0 Å². The van der Waals surface area contributed by atoms with E-state index in [1.165, 1.54) is 13.2 Å². The molecule has 0 spiro atoms. The average Bonchev–Trinajstić information content (AvgIpc) is 3.02. The van der Waals surface area contributed by atoms with Gasteiger partial charge in [0.15, 0.2) is 28.8 Å². The minimum atomic E-state index is -0.716. The number of ether oxygens (including phenoxy) is 5. The minimum Gasteiger partial charge on any atom is -0.504 e. The fraction of sp³-hybridized carbons (Fsp3) is 0.294. The summed E-state index contributed by atoms with van der Waals surface area (Å²) in [6.07, 6.45) is 0.793. The van der Waals surface area contributed by atoms with Gasteiger partial charge in [0.25, 0.3) is 0 Å². The lowest BCUT2D eigenvalue weighted by molar-refractivity contribution is -0.140. The Hall–Kier alpha value is -4.92. The topological polar surface area (TPSA) is 113 Å². The summed E-state index contributed by atoms with van der Waals surface area (Å²) in [7, 11) is 4.61. The van der Waals surface area contributed by atoms with Crippen LogP contribution < -0.4 is 24.3 Å². The van der Waals surface area contributed by atoms with E-state index in [0.717, 1.165) is 11.3 Å². The van der Waals surface area contributed by atoms with Gasteiger partial charge in [-0.3, -0.25) is 4.79 Å². The number of allylic oxidation sites excluding steroid dienone is 3. The van der Waals surface area contributed by atoms with Gasteiger partial charge in [0.05, 0.1) is 26.9 Å². The summed E-state index contributed by atoms with van der Waals surface area (Å²) >= 11 is 0. The molecule has 2 atom stereocenters. The molecular weight excluding hydrogens is 550 g/mol. The van der Waals surface area contributed by atoms with E-state index in [-0.39, 0.29) is 42.8 Å². The molecule has 0 saturated carbocycles. The summed E-state index contributed by atoms with van der Waals surface area (Å²) in [5.41, 5.74) is 3.74. The van der Waals surface area contributed by atoms with Gasteiger partial charge >= 0.3 is 5.97 Å². The van der Waals surface area contributed by atoms with Crippen molar-refractivity contribution in [2.24, 2.45) is 0 Å². The zero-order chi connectivity index (χ0) is 30.5. The highest BCUT2D eigenvalue weighted by Crippen LogP contribution is 2.47. The molecule has 43 heavy (non-hydrogen) atoms. The fourth-order valence-electron chi connectivity index (χ4n) is 5.75. The summed E-state index contributed by atoms with van der Waals surface area (Å²) in [6.45, 7) is 2.00. The molecule has 0 radical (unpaired) electrons. The lowest BCUT2D eigenvalue weighted by Crippen LogP contribution is -2.36. The predicted octanol–water partition coefficient (Wildman–Crippen LogP) is 5.40. The van der Waals surface area contributed by atoms with E-state index in [1.54, 1.807) is 33.3 Å². The first kappa shape index (κ1) is 29.6. The van der Waals surface area contributed by atoms with Crippen LogP contribution in [-0.4, -0.2) is 51.4 Å². The normalized spacial score (nSPS) is 18.0. The second kappa shape index (κ2) is 12.9. The number of benzene rings is 3. The molecule has 9 heteroatoms. The van der Waals surface area contributed by atoms with E-state index >= 15 is 0 Å². The van der Waals surface area contributed by atoms with Gasteiger partial charge in [0, 0.05) is 29.3 Å². The number of methoxy groups -OCH3 is 3. The maximum absolute atomic E-state index is 14.0. The number of para-hydroxylation sites is 1. The quantitative estimate of drug-likeness (QED) is 0.239. The van der Waals surface area contributed by atoms with Gasteiger partial charge < -0.3 is 34.1 Å². The Kier molecular flexibility index (Phi) is 8.90. The van der Waals surface area contributed by atoms with Crippen molar-refractivity contribution in [2.75, 3.05) is 34.5 Å². The molecule has 2 aliphatic rings. The molecule has 0 fully saturated rings. The number of esters is 1. The van der Waals surface area contributed by atoms with Crippen LogP contribution >= 0.6 is 0 Å². The van der Waals surface area contributed by atoms with Crippen LogP contribution in [0, 0.1) is 0 Å². The van der Waals surface area contributed by atoms with Crippen molar-refractivity contribution in [3.63, 3.8) is 0 Å². The van der Waals surface area contributed by atoms with Gasteiger partial charge in [0.2, 0.25) is 0 Å². The molecule has 1 heterocycles. The lowest BCUT2D eigenvalue weighted by Gasteiger charge is -2.37. The van der Waals surface area contributed by atoms with Crippen LogP contribution in [0.15, 0.2) is 89.3 Å². The Morgan fingerprint density at radius 3 is 2.28 bits per heavy atom. The summed E-state index contributed by atoms with van der Waals surface area (Å²) in [5, 5.41) is 13.6. The molecule has 0 bridgehead atoms. The molecule has 9 nitrogen and oxygen atoms in total. The SMILES string of the molecule is COc1cc([C@@H]2C(C(=O)OCCOc3ccccc3)=C(C)NC3=C2C(=O)C[C@H](c2ccc(OC)c(OC)c2)C3)ccc1O. The molecule has 0 amide bonds. The molecule has 0 saturated heterocycles. The van der Waals surface area contributed by atoms with Crippen LogP contribution in [0.25, 0.3) is 0 Å². The van der Waals surface area contributed by atoms with Crippen molar-refractivity contribution in [3.05, 3.63) is 100 Å². The number of ketones is 1. The maximum Gasteiger partial charge on any atom is 0.336 e. The Bertz CT molecular complexity index is 1580. The predicted molar refractivity (Wildman–Crippen MR) is 160 cm³/mol. The number of carbonyl (C=O) groups excluding carboxylic acids is 2. The second-order valence-electron chi connectivity index (χ2n) is 10.4. The van der Waals surface area contributed by atoms with E-state index in [9.17, 15) is 14.7 Å². The van der Waals surface area contributed by atoms with E-state index < -0.39 is 11.9 Å². The molecule has 0 unspecified atom stereocenters. The number of nitrogens with one attached hydrogen (secondary N) is 1. The Morgan fingerprint density at radius 1 is 0.860 bits per heavy atom. The number of aromatic hydroxyl groups is 1.